The SMILES string of the molecule is O=C(CN1CCC[C@H]2CCCC[C@@H]21)NCc1cccc(Cl)c1. The number of amides is 1. The standard InChI is InChI=1S/C18H25ClN2O/c19-16-8-3-5-14(11-16)12-20-18(22)13-21-10-4-7-15-6-1-2-9-17(15)21/h3,5,8,11,15,17H,1-2,4,6-7,9-10,12-13H2,(H,20,22)/t15-,17+/m1/s1. The molecule has 2 aliphatic rings. The molecule has 4 heteroatoms. The molecule has 1 saturated carbocycles. The molecular weight excluding hydrogens is 296 g/mol. The van der Waals surface area contributed by atoms with Gasteiger partial charge in [0.05, 0.1) is 6.54 Å². The minimum atomic E-state index is 0.131. The molecule has 0 radical (unpaired) electrons. The number of benzene rings is 1. The summed E-state index contributed by atoms with van der Waals surface area (Å²) in [4.78, 5) is 14.7. The third-order valence-corrected chi connectivity index (χ3v) is 5.32. The first kappa shape index (κ1) is 15.8. The van der Waals surface area contributed by atoms with Crippen molar-refractivity contribution in [3.05, 3.63) is 34.9 Å². The van der Waals surface area contributed by atoms with E-state index in [4.69, 9.17) is 11.6 Å². The van der Waals surface area contributed by atoms with Crippen LogP contribution >= 0.6 is 11.6 Å². The largest absolute Gasteiger partial charge is 0.351 e. The average molecular weight is 321 g/mol. The molecule has 3 nitrogen and oxygen atoms in total. The number of piperidine rings is 1. The van der Waals surface area contributed by atoms with Crippen molar-refractivity contribution in [2.45, 2.75) is 51.1 Å². The zero-order valence-corrected chi connectivity index (χ0v) is 13.8. The number of hydrogen-bond donors (Lipinski definition) is 1. The number of carbonyl (C=O) groups is 1. The summed E-state index contributed by atoms with van der Waals surface area (Å²) < 4.78 is 0. The van der Waals surface area contributed by atoms with Crippen molar-refractivity contribution >= 4 is 17.5 Å². The third kappa shape index (κ3) is 4.02. The van der Waals surface area contributed by atoms with E-state index in [1.807, 2.05) is 24.3 Å². The molecule has 1 aromatic carbocycles. The van der Waals surface area contributed by atoms with Crippen LogP contribution in [0.1, 0.15) is 44.1 Å². The highest BCUT2D eigenvalue weighted by Crippen LogP contribution is 2.34. The summed E-state index contributed by atoms with van der Waals surface area (Å²) >= 11 is 5.97. The van der Waals surface area contributed by atoms with Crippen LogP contribution in [0.25, 0.3) is 0 Å². The zero-order valence-electron chi connectivity index (χ0n) is 13.1. The summed E-state index contributed by atoms with van der Waals surface area (Å²) in [5.41, 5.74) is 1.05. The number of nitrogens with zero attached hydrogens (tertiary/aromatic N) is 1. The maximum absolute atomic E-state index is 12.3. The second-order valence-electron chi connectivity index (χ2n) is 6.63. The predicted molar refractivity (Wildman–Crippen MR) is 89.9 cm³/mol. The molecule has 1 aliphatic carbocycles. The summed E-state index contributed by atoms with van der Waals surface area (Å²) in [7, 11) is 0. The lowest BCUT2D eigenvalue weighted by molar-refractivity contribution is -0.124. The van der Waals surface area contributed by atoms with E-state index in [0.29, 0.717) is 24.2 Å². The van der Waals surface area contributed by atoms with Crippen LogP contribution in [0.4, 0.5) is 0 Å². The number of nitrogens with one attached hydrogen (secondary N) is 1. The van der Waals surface area contributed by atoms with Gasteiger partial charge in [-0.25, -0.2) is 0 Å². The molecule has 0 bridgehead atoms. The fraction of sp³-hybridized carbons (Fsp3) is 0.611. The molecule has 1 N–H and O–H groups in total. The second-order valence-corrected chi connectivity index (χ2v) is 7.07. The summed E-state index contributed by atoms with van der Waals surface area (Å²) in [5, 5.41) is 3.75. The molecule has 0 unspecified atom stereocenters. The molecule has 2 fully saturated rings. The van der Waals surface area contributed by atoms with Gasteiger partial charge < -0.3 is 5.32 Å². The van der Waals surface area contributed by atoms with E-state index < -0.39 is 0 Å². The Labute approximate surface area is 138 Å². The third-order valence-electron chi connectivity index (χ3n) is 5.08. The van der Waals surface area contributed by atoms with Crippen LogP contribution in [0.15, 0.2) is 24.3 Å². The maximum atomic E-state index is 12.3. The van der Waals surface area contributed by atoms with E-state index >= 15 is 0 Å². The van der Waals surface area contributed by atoms with Crippen molar-refractivity contribution in [1.29, 1.82) is 0 Å². The summed E-state index contributed by atoms with van der Waals surface area (Å²) in [5.74, 6) is 0.953. The number of carbonyl (C=O) groups excluding carboxylic acids is 1. The van der Waals surface area contributed by atoms with Gasteiger partial charge in [-0.3, -0.25) is 9.69 Å². The van der Waals surface area contributed by atoms with Gasteiger partial charge in [0, 0.05) is 17.6 Å². The monoisotopic (exact) mass is 320 g/mol. The molecule has 3 rings (SSSR count). The summed E-state index contributed by atoms with van der Waals surface area (Å²) in [6.07, 6.45) is 7.91. The number of halogens is 1. The average Bonchev–Trinajstić information content (AvgIpc) is 2.53. The van der Waals surface area contributed by atoms with Crippen molar-refractivity contribution in [1.82, 2.24) is 10.2 Å². The summed E-state index contributed by atoms with van der Waals surface area (Å²) in [6.45, 7) is 2.18. The maximum Gasteiger partial charge on any atom is 0.234 e. The lowest BCUT2D eigenvalue weighted by Crippen LogP contribution is -2.50. The Hall–Kier alpha value is -1.06. The first-order valence-corrected chi connectivity index (χ1v) is 8.85. The van der Waals surface area contributed by atoms with E-state index in [-0.39, 0.29) is 5.91 Å². The van der Waals surface area contributed by atoms with Crippen LogP contribution < -0.4 is 5.32 Å². The van der Waals surface area contributed by atoms with Crippen LogP contribution in [-0.2, 0) is 11.3 Å². The van der Waals surface area contributed by atoms with Crippen molar-refractivity contribution in [3.63, 3.8) is 0 Å². The van der Waals surface area contributed by atoms with Crippen LogP contribution in [0, 0.1) is 5.92 Å². The Bertz CT molecular complexity index is 518. The molecule has 1 aromatic rings. The molecule has 1 aliphatic heterocycles. The van der Waals surface area contributed by atoms with Gasteiger partial charge in [-0.05, 0) is 55.8 Å². The minimum Gasteiger partial charge on any atom is -0.351 e. The van der Waals surface area contributed by atoms with E-state index in [0.717, 1.165) is 18.0 Å². The smallest absolute Gasteiger partial charge is 0.234 e. The van der Waals surface area contributed by atoms with Gasteiger partial charge in [-0.2, -0.15) is 0 Å². The molecule has 0 aromatic heterocycles. The van der Waals surface area contributed by atoms with Crippen molar-refractivity contribution in [2.24, 2.45) is 5.92 Å². The van der Waals surface area contributed by atoms with Crippen LogP contribution in [0.3, 0.4) is 0 Å². The first-order chi connectivity index (χ1) is 10.7. The van der Waals surface area contributed by atoms with E-state index in [2.05, 4.69) is 10.2 Å². The highest BCUT2D eigenvalue weighted by molar-refractivity contribution is 6.30. The Kier molecular flexibility index (Phi) is 5.37. The minimum absolute atomic E-state index is 0.131. The van der Waals surface area contributed by atoms with E-state index in [1.165, 1.54) is 38.5 Å². The molecule has 0 spiro atoms. The van der Waals surface area contributed by atoms with Gasteiger partial charge in [0.25, 0.3) is 0 Å². The molecule has 2 atom stereocenters. The quantitative estimate of drug-likeness (QED) is 0.919. The molecular formula is C18H25ClN2O. The zero-order chi connectivity index (χ0) is 15.4. The normalized spacial score (nSPS) is 25.5. The van der Waals surface area contributed by atoms with Gasteiger partial charge in [-0.15, -0.1) is 0 Å². The van der Waals surface area contributed by atoms with Gasteiger partial charge in [0.2, 0.25) is 5.91 Å². The lowest BCUT2D eigenvalue weighted by Gasteiger charge is -2.43. The lowest BCUT2D eigenvalue weighted by atomic mass is 9.78. The van der Waals surface area contributed by atoms with Gasteiger partial charge in [-0.1, -0.05) is 36.6 Å². The highest BCUT2D eigenvalue weighted by atomic mass is 35.5. The number of likely N-dealkylation sites (tertiary alicyclic amines) is 1. The fourth-order valence-corrected chi connectivity index (χ4v) is 4.23. The number of hydrogen-bond acceptors (Lipinski definition) is 2. The second kappa shape index (κ2) is 7.47. The fourth-order valence-electron chi connectivity index (χ4n) is 4.01. The molecule has 1 saturated heterocycles. The first-order valence-electron chi connectivity index (χ1n) is 8.47. The van der Waals surface area contributed by atoms with Crippen LogP contribution in [-0.4, -0.2) is 29.9 Å². The van der Waals surface area contributed by atoms with Crippen molar-refractivity contribution in [2.75, 3.05) is 13.1 Å². The Morgan fingerprint density at radius 3 is 2.91 bits per heavy atom. The Morgan fingerprint density at radius 1 is 1.23 bits per heavy atom. The van der Waals surface area contributed by atoms with Gasteiger partial charge in [0.15, 0.2) is 0 Å². The van der Waals surface area contributed by atoms with Crippen molar-refractivity contribution in [3.8, 4) is 0 Å². The Balaban J connectivity index is 1.50. The Morgan fingerprint density at radius 2 is 2.05 bits per heavy atom. The predicted octanol–water partition coefficient (Wildman–Crippen LogP) is 3.61. The molecule has 120 valence electrons. The van der Waals surface area contributed by atoms with Crippen LogP contribution in [0.2, 0.25) is 5.02 Å². The highest BCUT2D eigenvalue weighted by Gasteiger charge is 2.33. The van der Waals surface area contributed by atoms with Crippen LogP contribution in [0.5, 0.6) is 0 Å². The van der Waals surface area contributed by atoms with E-state index in [1.54, 1.807) is 0 Å². The number of fused-ring (bicyclic) bond motifs is 1. The van der Waals surface area contributed by atoms with Gasteiger partial charge in [0.1, 0.15) is 0 Å². The van der Waals surface area contributed by atoms with Crippen molar-refractivity contribution < 1.29 is 4.79 Å². The van der Waals surface area contributed by atoms with E-state index in [9.17, 15) is 4.79 Å². The molecule has 1 amide bonds. The molecule has 1 heterocycles. The van der Waals surface area contributed by atoms with Gasteiger partial charge >= 0.3 is 0 Å². The number of rotatable bonds is 4. The summed E-state index contributed by atoms with van der Waals surface area (Å²) in [6, 6.07) is 8.30. The molecule has 22 heavy (non-hydrogen) atoms. The topological polar surface area (TPSA) is 32.3 Å².